The summed E-state index contributed by atoms with van der Waals surface area (Å²) in [5, 5.41) is 4.19. The lowest BCUT2D eigenvalue weighted by atomic mass is 10.1. The molecule has 0 amide bonds. The van der Waals surface area contributed by atoms with Gasteiger partial charge >= 0.3 is 0 Å². The molecular formula is C12H16N4. The highest BCUT2D eigenvalue weighted by Gasteiger charge is 2.06. The van der Waals surface area contributed by atoms with Gasteiger partial charge in [0.1, 0.15) is 0 Å². The molecule has 0 aliphatic rings. The zero-order valence-corrected chi connectivity index (χ0v) is 9.88. The van der Waals surface area contributed by atoms with Crippen LogP contribution in [-0.2, 0) is 0 Å². The largest absolute Gasteiger partial charge is 0.255 e. The second-order valence-corrected chi connectivity index (χ2v) is 4.07. The van der Waals surface area contributed by atoms with Crippen molar-refractivity contribution in [3.63, 3.8) is 0 Å². The summed E-state index contributed by atoms with van der Waals surface area (Å²) >= 11 is 0. The van der Waals surface area contributed by atoms with Crippen LogP contribution in [0, 0.1) is 6.92 Å². The number of aryl methyl sites for hydroxylation is 1. The lowest BCUT2D eigenvalue weighted by Crippen LogP contribution is -2.02. The molecule has 0 aromatic carbocycles. The van der Waals surface area contributed by atoms with E-state index in [0.29, 0.717) is 5.92 Å². The molecule has 2 aromatic rings. The zero-order valence-electron chi connectivity index (χ0n) is 9.88. The fraction of sp³-hybridized carbons (Fsp3) is 0.417. The molecule has 4 nitrogen and oxygen atoms in total. The summed E-state index contributed by atoms with van der Waals surface area (Å²) in [5.41, 5.74) is 2.16. The minimum absolute atomic E-state index is 0.459. The molecule has 1 unspecified atom stereocenters. The molecule has 16 heavy (non-hydrogen) atoms. The average Bonchev–Trinajstić information content (AvgIpc) is 2.75. The Morgan fingerprint density at radius 2 is 2.06 bits per heavy atom. The molecule has 0 saturated carbocycles. The number of rotatable bonds is 3. The lowest BCUT2D eigenvalue weighted by molar-refractivity contribution is 0.697. The first kappa shape index (κ1) is 10.8. The quantitative estimate of drug-likeness (QED) is 0.791. The molecule has 1 atom stereocenters. The van der Waals surface area contributed by atoms with E-state index in [0.717, 1.165) is 23.5 Å². The van der Waals surface area contributed by atoms with Crippen LogP contribution in [0.2, 0.25) is 0 Å². The first-order chi connectivity index (χ1) is 7.70. The predicted octanol–water partition coefficient (Wildman–Crippen LogP) is 2.48. The fourth-order valence-electron chi connectivity index (χ4n) is 1.45. The highest BCUT2D eigenvalue weighted by Crippen LogP contribution is 2.15. The third kappa shape index (κ3) is 2.10. The Hall–Kier alpha value is -1.71. The molecule has 0 bridgehead atoms. The maximum atomic E-state index is 4.41. The first-order valence-electron chi connectivity index (χ1n) is 5.54. The van der Waals surface area contributed by atoms with Crippen molar-refractivity contribution in [3.05, 3.63) is 36.0 Å². The Kier molecular flexibility index (Phi) is 2.99. The van der Waals surface area contributed by atoms with Crippen LogP contribution in [0.1, 0.15) is 37.4 Å². The van der Waals surface area contributed by atoms with Gasteiger partial charge in [-0.1, -0.05) is 13.8 Å². The highest BCUT2D eigenvalue weighted by molar-refractivity contribution is 5.20. The maximum absolute atomic E-state index is 4.41. The van der Waals surface area contributed by atoms with Crippen LogP contribution >= 0.6 is 0 Å². The SMILES string of the molecule is CCC(C)c1cnc(-n2cc(C)cn2)cn1. The van der Waals surface area contributed by atoms with Gasteiger partial charge in [0.25, 0.3) is 0 Å². The van der Waals surface area contributed by atoms with Gasteiger partial charge in [-0.05, 0) is 24.8 Å². The molecular weight excluding hydrogens is 200 g/mol. The molecule has 2 rings (SSSR count). The number of nitrogens with zero attached hydrogens (tertiary/aromatic N) is 4. The van der Waals surface area contributed by atoms with E-state index in [1.807, 2.05) is 25.5 Å². The van der Waals surface area contributed by atoms with Crippen LogP contribution in [0.25, 0.3) is 5.82 Å². The van der Waals surface area contributed by atoms with Crippen molar-refractivity contribution in [3.8, 4) is 5.82 Å². The normalized spacial score (nSPS) is 12.7. The van der Waals surface area contributed by atoms with E-state index >= 15 is 0 Å². The van der Waals surface area contributed by atoms with Crippen molar-refractivity contribution in [2.45, 2.75) is 33.1 Å². The van der Waals surface area contributed by atoms with E-state index < -0.39 is 0 Å². The van der Waals surface area contributed by atoms with Crippen LogP contribution in [0.4, 0.5) is 0 Å². The van der Waals surface area contributed by atoms with E-state index in [1.165, 1.54) is 0 Å². The van der Waals surface area contributed by atoms with E-state index in [-0.39, 0.29) is 0 Å². The van der Waals surface area contributed by atoms with E-state index in [4.69, 9.17) is 0 Å². The minimum atomic E-state index is 0.459. The average molecular weight is 216 g/mol. The van der Waals surface area contributed by atoms with Crippen molar-refractivity contribution in [2.24, 2.45) is 0 Å². The standard InChI is InChI=1S/C12H16N4/c1-4-10(3)11-6-14-12(7-13-11)16-8-9(2)5-15-16/h5-8,10H,4H2,1-3H3. The summed E-state index contributed by atoms with van der Waals surface area (Å²) in [6.45, 7) is 6.31. The van der Waals surface area contributed by atoms with Gasteiger partial charge in [0.2, 0.25) is 0 Å². The van der Waals surface area contributed by atoms with Crippen molar-refractivity contribution in [2.75, 3.05) is 0 Å². The highest BCUT2D eigenvalue weighted by atomic mass is 15.3. The Bertz CT molecular complexity index is 458. The molecule has 84 valence electrons. The summed E-state index contributed by atoms with van der Waals surface area (Å²) in [4.78, 5) is 8.78. The van der Waals surface area contributed by atoms with E-state index in [2.05, 4.69) is 28.9 Å². The maximum Gasteiger partial charge on any atom is 0.171 e. The van der Waals surface area contributed by atoms with Crippen LogP contribution in [-0.4, -0.2) is 19.7 Å². The van der Waals surface area contributed by atoms with Crippen molar-refractivity contribution in [1.82, 2.24) is 19.7 Å². The van der Waals surface area contributed by atoms with E-state index in [1.54, 1.807) is 10.9 Å². The predicted molar refractivity (Wildman–Crippen MR) is 62.6 cm³/mol. The van der Waals surface area contributed by atoms with Gasteiger partial charge in [0, 0.05) is 6.20 Å². The number of aromatic nitrogens is 4. The Balaban J connectivity index is 2.25. The molecule has 0 spiro atoms. The molecule has 0 aliphatic carbocycles. The molecule has 0 fully saturated rings. The van der Waals surface area contributed by atoms with E-state index in [9.17, 15) is 0 Å². The summed E-state index contributed by atoms with van der Waals surface area (Å²) < 4.78 is 1.74. The third-order valence-corrected chi connectivity index (χ3v) is 2.72. The summed E-state index contributed by atoms with van der Waals surface area (Å²) in [7, 11) is 0. The monoisotopic (exact) mass is 216 g/mol. The van der Waals surface area contributed by atoms with Gasteiger partial charge in [-0.2, -0.15) is 5.10 Å². The zero-order chi connectivity index (χ0) is 11.5. The van der Waals surface area contributed by atoms with Gasteiger partial charge in [-0.25, -0.2) is 9.67 Å². The Labute approximate surface area is 95.4 Å². The van der Waals surface area contributed by atoms with Crippen LogP contribution < -0.4 is 0 Å². The third-order valence-electron chi connectivity index (χ3n) is 2.72. The van der Waals surface area contributed by atoms with Gasteiger partial charge in [0.15, 0.2) is 5.82 Å². The fourth-order valence-corrected chi connectivity index (χ4v) is 1.45. The topological polar surface area (TPSA) is 43.6 Å². The molecule has 4 heteroatoms. The second-order valence-electron chi connectivity index (χ2n) is 4.07. The molecule has 0 radical (unpaired) electrons. The van der Waals surface area contributed by atoms with Crippen LogP contribution in [0.3, 0.4) is 0 Å². The Morgan fingerprint density at radius 3 is 2.56 bits per heavy atom. The van der Waals surface area contributed by atoms with Gasteiger partial charge in [-0.15, -0.1) is 0 Å². The molecule has 0 N–H and O–H groups in total. The molecule has 2 aromatic heterocycles. The lowest BCUT2D eigenvalue weighted by Gasteiger charge is -2.07. The summed E-state index contributed by atoms with van der Waals surface area (Å²) in [6.07, 6.45) is 8.43. The molecule has 0 aliphatic heterocycles. The summed E-state index contributed by atoms with van der Waals surface area (Å²) in [6, 6.07) is 0. The van der Waals surface area contributed by atoms with Gasteiger partial charge < -0.3 is 0 Å². The Morgan fingerprint density at radius 1 is 1.25 bits per heavy atom. The van der Waals surface area contributed by atoms with Crippen LogP contribution in [0.15, 0.2) is 24.8 Å². The van der Waals surface area contributed by atoms with Crippen molar-refractivity contribution in [1.29, 1.82) is 0 Å². The molecule has 0 saturated heterocycles. The van der Waals surface area contributed by atoms with Crippen LogP contribution in [0.5, 0.6) is 0 Å². The van der Waals surface area contributed by atoms with Gasteiger partial charge in [0.05, 0.1) is 24.3 Å². The summed E-state index contributed by atoms with van der Waals surface area (Å²) in [5.74, 6) is 1.22. The smallest absolute Gasteiger partial charge is 0.171 e. The molecule has 2 heterocycles. The number of hydrogen-bond acceptors (Lipinski definition) is 3. The minimum Gasteiger partial charge on any atom is -0.255 e. The number of hydrogen-bond donors (Lipinski definition) is 0. The van der Waals surface area contributed by atoms with Gasteiger partial charge in [-0.3, -0.25) is 4.98 Å². The van der Waals surface area contributed by atoms with Crippen molar-refractivity contribution >= 4 is 0 Å². The first-order valence-corrected chi connectivity index (χ1v) is 5.54. The van der Waals surface area contributed by atoms with Crippen molar-refractivity contribution < 1.29 is 0 Å². The second kappa shape index (κ2) is 4.43.